The molecule has 10 heteroatoms. The van der Waals surface area contributed by atoms with E-state index in [2.05, 4.69) is 16.0 Å². The number of alkyl halides is 3. The summed E-state index contributed by atoms with van der Waals surface area (Å²) in [5, 5.41) is 4.94. The Labute approximate surface area is 192 Å². The molecule has 2 amide bonds. The summed E-state index contributed by atoms with van der Waals surface area (Å²) in [6, 6.07) is 12.2. The summed E-state index contributed by atoms with van der Waals surface area (Å²) in [5.74, 6) is -1.07. The van der Waals surface area contributed by atoms with E-state index in [4.69, 9.17) is 0 Å². The van der Waals surface area contributed by atoms with Gasteiger partial charge < -0.3 is 4.57 Å². The first-order valence-corrected chi connectivity index (χ1v) is 10.6. The van der Waals surface area contributed by atoms with Crippen LogP contribution in [-0.4, -0.2) is 26.2 Å². The van der Waals surface area contributed by atoms with Gasteiger partial charge in [0, 0.05) is 30.1 Å². The summed E-state index contributed by atoms with van der Waals surface area (Å²) >= 11 is 0. The Morgan fingerprint density at radius 3 is 2.41 bits per heavy atom. The molecule has 1 aliphatic rings. The first kappa shape index (κ1) is 21.7. The molecule has 7 nitrogen and oxygen atoms in total. The molecule has 0 unspecified atom stereocenters. The van der Waals surface area contributed by atoms with Crippen LogP contribution in [0.3, 0.4) is 0 Å². The van der Waals surface area contributed by atoms with Crippen molar-refractivity contribution in [1.82, 2.24) is 25.2 Å². The number of amides is 2. The zero-order valence-corrected chi connectivity index (χ0v) is 18.1. The van der Waals surface area contributed by atoms with E-state index in [1.54, 1.807) is 6.20 Å². The van der Waals surface area contributed by atoms with Crippen LogP contribution >= 0.6 is 0 Å². The number of aryl methyl sites for hydroxylation is 1. The summed E-state index contributed by atoms with van der Waals surface area (Å²) in [5.41, 5.74) is 6.27. The zero-order valence-electron chi connectivity index (χ0n) is 18.1. The predicted octanol–water partition coefficient (Wildman–Crippen LogP) is 4.34. The van der Waals surface area contributed by atoms with Gasteiger partial charge in [0.2, 0.25) is 0 Å². The first-order chi connectivity index (χ1) is 16.2. The fourth-order valence-electron chi connectivity index (χ4n) is 4.07. The molecule has 1 fully saturated rings. The van der Waals surface area contributed by atoms with Crippen molar-refractivity contribution in [2.45, 2.75) is 24.9 Å². The quantitative estimate of drug-likeness (QED) is 0.439. The van der Waals surface area contributed by atoms with Gasteiger partial charge in [-0.15, -0.1) is 0 Å². The van der Waals surface area contributed by atoms with Crippen LogP contribution < -0.4 is 10.9 Å². The average molecular weight is 467 g/mol. The lowest BCUT2D eigenvalue weighted by Crippen LogP contribution is -2.41. The van der Waals surface area contributed by atoms with Crippen molar-refractivity contribution in [1.29, 1.82) is 0 Å². The highest BCUT2D eigenvalue weighted by atomic mass is 19.4. The lowest BCUT2D eigenvalue weighted by atomic mass is 10.1. The third-order valence-corrected chi connectivity index (χ3v) is 5.86. The highest BCUT2D eigenvalue weighted by Crippen LogP contribution is 2.42. The van der Waals surface area contributed by atoms with E-state index in [1.807, 2.05) is 35.9 Å². The topological polar surface area (TPSA) is 81.0 Å². The van der Waals surface area contributed by atoms with E-state index in [1.165, 1.54) is 23.0 Å². The maximum atomic E-state index is 13.2. The van der Waals surface area contributed by atoms with Gasteiger partial charge in [-0.05, 0) is 37.1 Å². The number of aromatic nitrogens is 3. The van der Waals surface area contributed by atoms with Gasteiger partial charge >= 0.3 is 6.18 Å². The standard InChI is InChI=1S/C24H20F3N5O2/c1-31-13-19(17-7-2-3-8-20(17)31)23(34)30-29-22(33)18-12-28-32(21(18)14-9-10-14)16-6-4-5-15(11-16)24(25,26)27/h2-8,11-14H,9-10H2,1H3,(H,29,33)(H,30,34). The van der Waals surface area contributed by atoms with Crippen molar-refractivity contribution in [3.63, 3.8) is 0 Å². The number of fused-ring (bicyclic) bond motifs is 1. The number of carbonyl (C=O) groups is 2. The van der Waals surface area contributed by atoms with Crippen molar-refractivity contribution >= 4 is 22.7 Å². The molecule has 0 saturated heterocycles. The Balaban J connectivity index is 1.39. The van der Waals surface area contributed by atoms with Crippen molar-refractivity contribution in [3.05, 3.63) is 83.3 Å². The SMILES string of the molecule is Cn1cc(C(=O)NNC(=O)c2cnn(-c3cccc(C(F)(F)F)c3)c2C2CC2)c2ccccc21. The second-order valence-corrected chi connectivity index (χ2v) is 8.26. The molecule has 2 heterocycles. The summed E-state index contributed by atoms with van der Waals surface area (Å²) in [4.78, 5) is 25.6. The average Bonchev–Trinajstić information content (AvgIpc) is 3.47. The van der Waals surface area contributed by atoms with Gasteiger partial charge in [-0.25, -0.2) is 4.68 Å². The van der Waals surface area contributed by atoms with Crippen molar-refractivity contribution in [2.24, 2.45) is 7.05 Å². The van der Waals surface area contributed by atoms with Crippen LogP contribution in [0.25, 0.3) is 16.6 Å². The predicted molar refractivity (Wildman–Crippen MR) is 118 cm³/mol. The molecule has 1 aliphatic carbocycles. The highest BCUT2D eigenvalue weighted by molar-refractivity contribution is 6.08. The molecule has 0 spiro atoms. The molecule has 0 radical (unpaired) electrons. The Morgan fingerprint density at radius 2 is 1.71 bits per heavy atom. The maximum absolute atomic E-state index is 13.2. The molecule has 174 valence electrons. The number of para-hydroxylation sites is 1. The summed E-state index contributed by atoms with van der Waals surface area (Å²) in [6.45, 7) is 0. The molecular weight excluding hydrogens is 447 g/mol. The molecule has 0 bridgehead atoms. The minimum Gasteiger partial charge on any atom is -0.350 e. The minimum absolute atomic E-state index is 0.00608. The van der Waals surface area contributed by atoms with E-state index in [9.17, 15) is 22.8 Å². The summed E-state index contributed by atoms with van der Waals surface area (Å²) in [7, 11) is 1.82. The van der Waals surface area contributed by atoms with E-state index >= 15 is 0 Å². The van der Waals surface area contributed by atoms with Gasteiger partial charge in [-0.2, -0.15) is 18.3 Å². The number of nitrogens with zero attached hydrogens (tertiary/aromatic N) is 3. The second-order valence-electron chi connectivity index (χ2n) is 8.26. The fraction of sp³-hybridized carbons (Fsp3) is 0.208. The first-order valence-electron chi connectivity index (χ1n) is 10.6. The molecule has 0 atom stereocenters. The lowest BCUT2D eigenvalue weighted by Gasteiger charge is -2.12. The summed E-state index contributed by atoms with van der Waals surface area (Å²) < 4.78 is 42.7. The van der Waals surface area contributed by atoms with E-state index in [-0.39, 0.29) is 17.2 Å². The van der Waals surface area contributed by atoms with E-state index in [0.29, 0.717) is 11.3 Å². The van der Waals surface area contributed by atoms with Crippen LogP contribution in [0.2, 0.25) is 0 Å². The molecule has 4 aromatic rings. The molecule has 2 aromatic carbocycles. The minimum atomic E-state index is -4.49. The molecule has 1 saturated carbocycles. The molecule has 34 heavy (non-hydrogen) atoms. The number of hydrazine groups is 1. The molecular formula is C24H20F3N5O2. The van der Waals surface area contributed by atoms with Crippen LogP contribution in [-0.2, 0) is 13.2 Å². The van der Waals surface area contributed by atoms with Crippen LogP contribution in [0.4, 0.5) is 13.2 Å². The Morgan fingerprint density at radius 1 is 1.00 bits per heavy atom. The van der Waals surface area contributed by atoms with Gasteiger partial charge in [-0.3, -0.25) is 20.4 Å². The maximum Gasteiger partial charge on any atom is 0.416 e. The normalized spacial score (nSPS) is 13.8. The molecule has 5 rings (SSSR count). The smallest absolute Gasteiger partial charge is 0.350 e. The number of nitrogens with one attached hydrogen (secondary N) is 2. The van der Waals surface area contributed by atoms with Crippen LogP contribution in [0.5, 0.6) is 0 Å². The van der Waals surface area contributed by atoms with Gasteiger partial charge in [0.15, 0.2) is 0 Å². The third-order valence-electron chi connectivity index (χ3n) is 5.86. The number of carbonyl (C=O) groups excluding carboxylic acids is 2. The number of benzene rings is 2. The van der Waals surface area contributed by atoms with Crippen molar-refractivity contribution in [3.8, 4) is 5.69 Å². The van der Waals surface area contributed by atoms with Crippen LogP contribution in [0, 0.1) is 0 Å². The van der Waals surface area contributed by atoms with Crippen molar-refractivity contribution < 1.29 is 22.8 Å². The highest BCUT2D eigenvalue weighted by Gasteiger charge is 2.34. The Kier molecular flexibility index (Phi) is 5.15. The fourth-order valence-corrected chi connectivity index (χ4v) is 4.07. The van der Waals surface area contributed by atoms with Gasteiger partial charge in [0.25, 0.3) is 11.8 Å². The Hall–Kier alpha value is -4.08. The summed E-state index contributed by atoms with van der Waals surface area (Å²) in [6.07, 6.45) is 0.0936. The van der Waals surface area contributed by atoms with E-state index < -0.39 is 23.6 Å². The molecule has 2 N–H and O–H groups in total. The second kappa shape index (κ2) is 8.05. The molecule has 2 aromatic heterocycles. The lowest BCUT2D eigenvalue weighted by molar-refractivity contribution is -0.137. The van der Waals surface area contributed by atoms with Gasteiger partial charge in [0.1, 0.15) is 0 Å². The number of hydrogen-bond acceptors (Lipinski definition) is 3. The van der Waals surface area contributed by atoms with E-state index in [0.717, 1.165) is 35.9 Å². The van der Waals surface area contributed by atoms with Crippen LogP contribution in [0.1, 0.15) is 50.7 Å². The monoisotopic (exact) mass is 467 g/mol. The van der Waals surface area contributed by atoms with Gasteiger partial charge in [0.05, 0.1) is 34.3 Å². The third kappa shape index (κ3) is 3.91. The number of halogens is 3. The Bertz CT molecular complexity index is 1420. The largest absolute Gasteiger partial charge is 0.416 e. The van der Waals surface area contributed by atoms with Gasteiger partial charge in [-0.1, -0.05) is 24.3 Å². The number of hydrogen-bond donors (Lipinski definition) is 2. The molecule has 0 aliphatic heterocycles. The van der Waals surface area contributed by atoms with Crippen molar-refractivity contribution in [2.75, 3.05) is 0 Å². The van der Waals surface area contributed by atoms with Crippen LogP contribution in [0.15, 0.2) is 60.9 Å². The zero-order chi connectivity index (χ0) is 24.0. The number of rotatable bonds is 4.